The molecule has 2 heterocycles. The highest BCUT2D eigenvalue weighted by molar-refractivity contribution is 7.89. The smallest absolute Gasteiger partial charge is 0.245 e. The van der Waals surface area contributed by atoms with Gasteiger partial charge < -0.3 is 15.6 Å². The highest BCUT2D eigenvalue weighted by Crippen LogP contribution is 2.20. The van der Waals surface area contributed by atoms with E-state index < -0.39 is 15.6 Å². The number of nitrogen functional groups attached to an aromatic ring is 1. The van der Waals surface area contributed by atoms with Crippen molar-refractivity contribution in [3.8, 4) is 0 Å². The number of sulfonamides is 1. The van der Waals surface area contributed by atoms with Crippen LogP contribution in [0.2, 0.25) is 0 Å². The van der Waals surface area contributed by atoms with Crippen LogP contribution in [0.1, 0.15) is 19.8 Å². The van der Waals surface area contributed by atoms with E-state index in [0.29, 0.717) is 19.6 Å². The molecule has 0 saturated carbocycles. The van der Waals surface area contributed by atoms with E-state index in [4.69, 9.17) is 10.5 Å². The molecule has 0 aromatic carbocycles. The summed E-state index contributed by atoms with van der Waals surface area (Å²) in [6.45, 7) is 3.00. The number of nitrogens with zero attached hydrogens (tertiary/aromatic N) is 2. The number of aromatic nitrogens is 2. The number of aliphatic hydroxyl groups is 1. The lowest BCUT2D eigenvalue weighted by molar-refractivity contribution is 0.0314. The van der Waals surface area contributed by atoms with Crippen molar-refractivity contribution in [2.75, 3.05) is 25.5 Å². The predicted molar refractivity (Wildman–Crippen MR) is 72.5 cm³/mol. The highest BCUT2D eigenvalue weighted by atomic mass is 32.2. The average molecular weight is 304 g/mol. The number of anilines is 1. The summed E-state index contributed by atoms with van der Waals surface area (Å²) in [7, 11) is -3.79. The molecule has 1 fully saturated rings. The second-order valence-corrected chi connectivity index (χ2v) is 6.73. The molecule has 2 rings (SSSR count). The average Bonchev–Trinajstić information content (AvgIpc) is 2.96. The fourth-order valence-electron chi connectivity index (χ4n) is 2.01. The first-order chi connectivity index (χ1) is 9.36. The van der Waals surface area contributed by atoms with Gasteiger partial charge in [-0.3, -0.25) is 4.68 Å². The Morgan fingerprint density at radius 1 is 1.65 bits per heavy atom. The molecule has 20 heavy (non-hydrogen) atoms. The van der Waals surface area contributed by atoms with Gasteiger partial charge in [0.25, 0.3) is 0 Å². The molecule has 0 spiro atoms. The van der Waals surface area contributed by atoms with Gasteiger partial charge in [0.05, 0.1) is 6.61 Å². The topological polar surface area (TPSA) is 119 Å². The SMILES string of the molecule is CCCn1cc(S(=O)(=O)NCC2(O)CCOC2)c(N)n1. The number of hydrogen-bond donors (Lipinski definition) is 3. The van der Waals surface area contributed by atoms with E-state index in [1.807, 2.05) is 6.92 Å². The maximum Gasteiger partial charge on any atom is 0.245 e. The van der Waals surface area contributed by atoms with Gasteiger partial charge in [-0.05, 0) is 6.42 Å². The minimum absolute atomic E-state index is 0.0411. The number of aryl methyl sites for hydroxylation is 1. The van der Waals surface area contributed by atoms with Gasteiger partial charge in [-0.25, -0.2) is 13.1 Å². The molecule has 1 aliphatic rings. The summed E-state index contributed by atoms with van der Waals surface area (Å²) in [5.41, 5.74) is 4.48. The molecular weight excluding hydrogens is 284 g/mol. The first-order valence-corrected chi connectivity index (χ1v) is 7.97. The van der Waals surface area contributed by atoms with Crippen LogP contribution in [0, 0.1) is 0 Å². The molecule has 1 atom stereocenters. The van der Waals surface area contributed by atoms with Crippen LogP contribution in [0.3, 0.4) is 0 Å². The van der Waals surface area contributed by atoms with Gasteiger partial charge in [-0.1, -0.05) is 6.92 Å². The van der Waals surface area contributed by atoms with Crippen molar-refractivity contribution in [1.82, 2.24) is 14.5 Å². The van der Waals surface area contributed by atoms with E-state index in [0.717, 1.165) is 6.42 Å². The summed E-state index contributed by atoms with van der Waals surface area (Å²) >= 11 is 0. The lowest BCUT2D eigenvalue weighted by Crippen LogP contribution is -2.43. The highest BCUT2D eigenvalue weighted by Gasteiger charge is 2.34. The third-order valence-corrected chi connectivity index (χ3v) is 4.59. The zero-order valence-corrected chi connectivity index (χ0v) is 12.2. The first-order valence-electron chi connectivity index (χ1n) is 6.49. The van der Waals surface area contributed by atoms with Crippen LogP contribution in [0.4, 0.5) is 5.82 Å². The lowest BCUT2D eigenvalue weighted by Gasteiger charge is -2.20. The van der Waals surface area contributed by atoms with Gasteiger partial charge in [0.15, 0.2) is 5.82 Å². The fourth-order valence-corrected chi connectivity index (χ4v) is 3.20. The molecule has 4 N–H and O–H groups in total. The van der Waals surface area contributed by atoms with E-state index in [-0.39, 0.29) is 23.9 Å². The molecule has 0 amide bonds. The number of nitrogens with one attached hydrogen (secondary N) is 1. The zero-order chi connectivity index (χ0) is 14.8. The Bertz CT molecular complexity index is 563. The van der Waals surface area contributed by atoms with Gasteiger partial charge in [0.2, 0.25) is 10.0 Å². The Labute approximate surface area is 118 Å². The number of nitrogens with two attached hydrogens (primary N) is 1. The van der Waals surface area contributed by atoms with Crippen molar-refractivity contribution in [3.05, 3.63) is 6.20 Å². The standard InChI is InChI=1S/C11H20N4O4S/c1-2-4-15-6-9(10(12)14-15)20(17,18)13-7-11(16)3-5-19-8-11/h6,13,16H,2-5,7-8H2,1H3,(H2,12,14). The van der Waals surface area contributed by atoms with Crippen molar-refractivity contribution in [1.29, 1.82) is 0 Å². The monoisotopic (exact) mass is 304 g/mol. The third-order valence-electron chi connectivity index (χ3n) is 3.17. The zero-order valence-electron chi connectivity index (χ0n) is 11.4. The summed E-state index contributed by atoms with van der Waals surface area (Å²) in [5, 5.41) is 14.0. The van der Waals surface area contributed by atoms with Crippen LogP contribution in [0.25, 0.3) is 0 Å². The molecule has 0 aliphatic carbocycles. The molecule has 0 radical (unpaired) electrons. The van der Waals surface area contributed by atoms with Crippen molar-refractivity contribution >= 4 is 15.8 Å². The molecule has 1 aromatic rings. The van der Waals surface area contributed by atoms with Crippen LogP contribution < -0.4 is 10.5 Å². The Balaban J connectivity index is 2.09. The van der Waals surface area contributed by atoms with E-state index in [2.05, 4.69) is 9.82 Å². The van der Waals surface area contributed by atoms with Crippen molar-refractivity contribution in [3.63, 3.8) is 0 Å². The van der Waals surface area contributed by atoms with Crippen molar-refractivity contribution < 1.29 is 18.3 Å². The van der Waals surface area contributed by atoms with Crippen LogP contribution in [0.15, 0.2) is 11.1 Å². The maximum atomic E-state index is 12.2. The Morgan fingerprint density at radius 2 is 2.40 bits per heavy atom. The molecular formula is C11H20N4O4S. The third kappa shape index (κ3) is 3.29. The maximum absolute atomic E-state index is 12.2. The molecule has 9 heteroatoms. The fraction of sp³-hybridized carbons (Fsp3) is 0.727. The Kier molecular flexibility index (Phi) is 4.33. The minimum Gasteiger partial charge on any atom is -0.386 e. The molecule has 114 valence electrons. The largest absolute Gasteiger partial charge is 0.386 e. The molecule has 1 unspecified atom stereocenters. The van der Waals surface area contributed by atoms with E-state index in [1.54, 1.807) is 0 Å². The number of hydrogen-bond acceptors (Lipinski definition) is 6. The molecule has 1 aliphatic heterocycles. The van der Waals surface area contributed by atoms with Gasteiger partial charge in [-0.2, -0.15) is 5.10 Å². The second kappa shape index (κ2) is 5.68. The van der Waals surface area contributed by atoms with Gasteiger partial charge in [0, 0.05) is 32.3 Å². The molecule has 1 saturated heterocycles. The minimum atomic E-state index is -3.79. The van der Waals surface area contributed by atoms with E-state index in [9.17, 15) is 13.5 Å². The quantitative estimate of drug-likeness (QED) is 0.639. The Hall–Kier alpha value is -1.16. The summed E-state index contributed by atoms with van der Waals surface area (Å²) in [6, 6.07) is 0. The normalized spacial score (nSPS) is 23.3. The number of rotatable bonds is 6. The molecule has 0 bridgehead atoms. The van der Waals surface area contributed by atoms with Gasteiger partial charge in [0.1, 0.15) is 10.5 Å². The number of ether oxygens (including phenoxy) is 1. The van der Waals surface area contributed by atoms with Crippen LogP contribution in [-0.2, 0) is 21.3 Å². The molecule has 1 aromatic heterocycles. The lowest BCUT2D eigenvalue weighted by atomic mass is 10.1. The van der Waals surface area contributed by atoms with E-state index in [1.165, 1.54) is 10.9 Å². The predicted octanol–water partition coefficient (Wildman–Crippen LogP) is -0.695. The van der Waals surface area contributed by atoms with Crippen LogP contribution in [0.5, 0.6) is 0 Å². The summed E-state index contributed by atoms with van der Waals surface area (Å²) in [6.07, 6.45) is 2.63. The summed E-state index contributed by atoms with van der Waals surface area (Å²) in [4.78, 5) is -0.0616. The van der Waals surface area contributed by atoms with Crippen molar-refractivity contribution in [2.24, 2.45) is 0 Å². The first kappa shape index (κ1) is 15.2. The Morgan fingerprint density at radius 3 is 3.00 bits per heavy atom. The van der Waals surface area contributed by atoms with Crippen LogP contribution >= 0.6 is 0 Å². The summed E-state index contributed by atoms with van der Waals surface area (Å²) in [5.74, 6) is -0.0411. The van der Waals surface area contributed by atoms with Gasteiger partial charge in [-0.15, -0.1) is 0 Å². The van der Waals surface area contributed by atoms with Crippen molar-refractivity contribution in [2.45, 2.75) is 36.8 Å². The second-order valence-electron chi connectivity index (χ2n) is 4.99. The van der Waals surface area contributed by atoms with Gasteiger partial charge >= 0.3 is 0 Å². The molecule has 8 nitrogen and oxygen atoms in total. The van der Waals surface area contributed by atoms with E-state index >= 15 is 0 Å². The van der Waals surface area contributed by atoms with Crippen LogP contribution in [-0.4, -0.2) is 48.7 Å². The summed E-state index contributed by atoms with van der Waals surface area (Å²) < 4.78 is 33.3.